The first-order valence-electron chi connectivity index (χ1n) is 7.77. The zero-order chi connectivity index (χ0) is 13.7. The number of carbonyl (C=O) groups excluding carboxylic acids is 1. The van der Waals surface area contributed by atoms with Crippen molar-refractivity contribution in [3.05, 3.63) is 0 Å². The maximum atomic E-state index is 12.6. The van der Waals surface area contributed by atoms with Crippen LogP contribution in [0.2, 0.25) is 0 Å². The fourth-order valence-electron chi connectivity index (χ4n) is 3.14. The maximum Gasteiger partial charge on any atom is 0.224 e. The highest BCUT2D eigenvalue weighted by atomic mass is 32.2. The zero-order valence-corrected chi connectivity index (χ0v) is 13.2. The lowest BCUT2D eigenvalue weighted by Crippen LogP contribution is -2.46. The van der Waals surface area contributed by atoms with Crippen LogP contribution in [0.4, 0.5) is 0 Å². The first kappa shape index (κ1) is 15.2. The summed E-state index contributed by atoms with van der Waals surface area (Å²) in [6.07, 6.45) is 5.71. The van der Waals surface area contributed by atoms with Crippen molar-refractivity contribution in [2.24, 2.45) is 5.92 Å². The van der Waals surface area contributed by atoms with Gasteiger partial charge in [0.2, 0.25) is 5.91 Å². The van der Waals surface area contributed by atoms with Gasteiger partial charge in [0.1, 0.15) is 0 Å². The molecule has 0 aromatic carbocycles. The van der Waals surface area contributed by atoms with Gasteiger partial charge in [0.25, 0.3) is 0 Å². The van der Waals surface area contributed by atoms with Gasteiger partial charge in [0.05, 0.1) is 0 Å². The number of hydrogen-bond acceptors (Lipinski definition) is 3. The number of amides is 1. The van der Waals surface area contributed by atoms with Crippen LogP contribution in [-0.2, 0) is 4.79 Å². The average molecular weight is 284 g/mol. The summed E-state index contributed by atoms with van der Waals surface area (Å²) in [5.41, 5.74) is 0. The van der Waals surface area contributed by atoms with Crippen LogP contribution >= 0.6 is 11.8 Å². The molecule has 4 heteroatoms. The molecule has 1 N–H and O–H groups in total. The Hall–Kier alpha value is -0.220. The molecule has 1 aliphatic heterocycles. The first-order valence-corrected chi connectivity index (χ1v) is 8.93. The lowest BCUT2D eigenvalue weighted by Gasteiger charge is -2.33. The Kier molecular flexibility index (Phi) is 6.02. The van der Waals surface area contributed by atoms with Crippen molar-refractivity contribution in [2.75, 3.05) is 24.6 Å². The van der Waals surface area contributed by atoms with Crippen LogP contribution in [0.25, 0.3) is 0 Å². The van der Waals surface area contributed by atoms with Crippen molar-refractivity contribution in [1.82, 2.24) is 10.2 Å². The van der Waals surface area contributed by atoms with Crippen LogP contribution in [0.15, 0.2) is 0 Å². The van der Waals surface area contributed by atoms with Crippen molar-refractivity contribution < 1.29 is 4.79 Å². The SMILES string of the molecule is CC(C)CN(C(=O)CC1CSCCN1)C1CCCC1. The second kappa shape index (κ2) is 7.53. The van der Waals surface area contributed by atoms with E-state index in [1.807, 2.05) is 11.8 Å². The first-order chi connectivity index (χ1) is 9.16. The van der Waals surface area contributed by atoms with E-state index in [9.17, 15) is 4.79 Å². The lowest BCUT2D eigenvalue weighted by molar-refractivity contribution is -0.134. The van der Waals surface area contributed by atoms with E-state index >= 15 is 0 Å². The molecule has 1 aliphatic carbocycles. The Morgan fingerprint density at radius 2 is 2.11 bits per heavy atom. The van der Waals surface area contributed by atoms with E-state index in [4.69, 9.17) is 0 Å². The zero-order valence-electron chi connectivity index (χ0n) is 12.4. The highest BCUT2D eigenvalue weighted by molar-refractivity contribution is 7.99. The van der Waals surface area contributed by atoms with Gasteiger partial charge >= 0.3 is 0 Å². The fraction of sp³-hybridized carbons (Fsp3) is 0.933. The Morgan fingerprint density at radius 3 is 2.68 bits per heavy atom. The fourth-order valence-corrected chi connectivity index (χ4v) is 4.09. The van der Waals surface area contributed by atoms with Crippen LogP contribution in [0.5, 0.6) is 0 Å². The molecule has 1 unspecified atom stereocenters. The van der Waals surface area contributed by atoms with Crippen LogP contribution in [0.3, 0.4) is 0 Å². The number of nitrogens with one attached hydrogen (secondary N) is 1. The van der Waals surface area contributed by atoms with E-state index in [-0.39, 0.29) is 0 Å². The standard InChI is InChI=1S/C15H28N2OS/c1-12(2)10-17(14-5-3-4-6-14)15(18)9-13-11-19-8-7-16-13/h12-14,16H,3-11H2,1-2H3. The lowest BCUT2D eigenvalue weighted by atomic mass is 10.1. The molecule has 2 aliphatic rings. The molecule has 1 atom stereocenters. The van der Waals surface area contributed by atoms with Crippen molar-refractivity contribution in [3.63, 3.8) is 0 Å². The number of nitrogens with zero attached hydrogens (tertiary/aromatic N) is 1. The molecule has 1 saturated carbocycles. The minimum atomic E-state index is 0.376. The Labute approximate surface area is 121 Å². The maximum absolute atomic E-state index is 12.6. The van der Waals surface area contributed by atoms with E-state index in [1.54, 1.807) is 0 Å². The van der Waals surface area contributed by atoms with E-state index in [1.165, 1.54) is 31.4 Å². The summed E-state index contributed by atoms with van der Waals surface area (Å²) >= 11 is 1.97. The van der Waals surface area contributed by atoms with Gasteiger partial charge in [-0.15, -0.1) is 0 Å². The molecular formula is C15H28N2OS. The molecule has 0 spiro atoms. The van der Waals surface area contributed by atoms with Crippen molar-refractivity contribution >= 4 is 17.7 Å². The van der Waals surface area contributed by atoms with Gasteiger partial charge < -0.3 is 10.2 Å². The predicted molar refractivity (Wildman–Crippen MR) is 82.5 cm³/mol. The minimum Gasteiger partial charge on any atom is -0.339 e. The highest BCUT2D eigenvalue weighted by Gasteiger charge is 2.28. The van der Waals surface area contributed by atoms with Gasteiger partial charge in [0.15, 0.2) is 0 Å². The number of carbonyl (C=O) groups is 1. The van der Waals surface area contributed by atoms with Gasteiger partial charge in [-0.1, -0.05) is 26.7 Å². The van der Waals surface area contributed by atoms with Crippen LogP contribution < -0.4 is 5.32 Å². The monoisotopic (exact) mass is 284 g/mol. The number of thioether (sulfide) groups is 1. The summed E-state index contributed by atoms with van der Waals surface area (Å²) < 4.78 is 0. The quantitative estimate of drug-likeness (QED) is 0.842. The molecule has 2 rings (SSSR count). The van der Waals surface area contributed by atoms with Gasteiger partial charge in [-0.05, 0) is 18.8 Å². The second-order valence-corrected chi connectivity index (χ2v) is 7.46. The van der Waals surface area contributed by atoms with E-state index in [0.29, 0.717) is 30.3 Å². The summed E-state index contributed by atoms with van der Waals surface area (Å²) in [7, 11) is 0. The largest absolute Gasteiger partial charge is 0.339 e. The summed E-state index contributed by atoms with van der Waals surface area (Å²) in [6, 6.07) is 0.911. The van der Waals surface area contributed by atoms with Crippen molar-refractivity contribution in [3.8, 4) is 0 Å². The molecule has 0 aromatic heterocycles. The van der Waals surface area contributed by atoms with Gasteiger partial charge in [-0.25, -0.2) is 0 Å². The third kappa shape index (κ3) is 4.67. The Bertz CT molecular complexity index is 284. The summed E-state index contributed by atoms with van der Waals surface area (Å²) in [5, 5.41) is 3.48. The van der Waals surface area contributed by atoms with Crippen LogP contribution in [0, 0.1) is 5.92 Å². The van der Waals surface area contributed by atoms with Gasteiger partial charge in [-0.3, -0.25) is 4.79 Å². The molecule has 2 fully saturated rings. The molecule has 1 amide bonds. The molecule has 0 bridgehead atoms. The van der Waals surface area contributed by atoms with E-state index in [0.717, 1.165) is 18.8 Å². The molecular weight excluding hydrogens is 256 g/mol. The predicted octanol–water partition coefficient (Wildman–Crippen LogP) is 2.51. The molecule has 3 nitrogen and oxygen atoms in total. The van der Waals surface area contributed by atoms with Gasteiger partial charge in [0, 0.05) is 43.1 Å². The third-order valence-corrected chi connectivity index (χ3v) is 5.20. The second-order valence-electron chi connectivity index (χ2n) is 6.31. The summed E-state index contributed by atoms with van der Waals surface area (Å²) in [6.45, 7) is 6.41. The smallest absolute Gasteiger partial charge is 0.224 e. The van der Waals surface area contributed by atoms with Crippen LogP contribution in [-0.4, -0.2) is 47.5 Å². The van der Waals surface area contributed by atoms with Crippen molar-refractivity contribution in [2.45, 2.75) is 58.0 Å². The molecule has 110 valence electrons. The Balaban J connectivity index is 1.89. The molecule has 0 aromatic rings. The highest BCUT2D eigenvalue weighted by Crippen LogP contribution is 2.25. The molecule has 0 radical (unpaired) electrons. The molecule has 19 heavy (non-hydrogen) atoms. The normalized spacial score (nSPS) is 24.9. The summed E-state index contributed by atoms with van der Waals surface area (Å²) in [4.78, 5) is 14.8. The molecule has 1 heterocycles. The topological polar surface area (TPSA) is 32.3 Å². The van der Waals surface area contributed by atoms with E-state index in [2.05, 4.69) is 24.1 Å². The average Bonchev–Trinajstić information content (AvgIpc) is 2.90. The summed E-state index contributed by atoms with van der Waals surface area (Å²) in [5.74, 6) is 3.22. The third-order valence-electron chi connectivity index (χ3n) is 4.07. The van der Waals surface area contributed by atoms with Crippen LogP contribution in [0.1, 0.15) is 46.0 Å². The van der Waals surface area contributed by atoms with Gasteiger partial charge in [-0.2, -0.15) is 11.8 Å². The number of rotatable bonds is 5. The van der Waals surface area contributed by atoms with Crippen molar-refractivity contribution in [1.29, 1.82) is 0 Å². The Morgan fingerprint density at radius 1 is 1.37 bits per heavy atom. The van der Waals surface area contributed by atoms with E-state index < -0.39 is 0 Å². The minimum absolute atomic E-state index is 0.376. The number of hydrogen-bond donors (Lipinski definition) is 1. The molecule has 1 saturated heterocycles.